The average molecular weight is 416 g/mol. The molecule has 0 fully saturated rings. The molecule has 2 aromatic carbocycles. The van der Waals surface area contributed by atoms with Gasteiger partial charge >= 0.3 is 12.0 Å². The number of hydrogen-bond donors (Lipinski definition) is 1. The lowest BCUT2D eigenvalue weighted by Crippen LogP contribution is -2.48. The summed E-state index contributed by atoms with van der Waals surface area (Å²) in [6.07, 6.45) is 0. The van der Waals surface area contributed by atoms with Crippen LogP contribution in [0.15, 0.2) is 59.8 Å². The third-order valence-electron chi connectivity index (χ3n) is 4.79. The van der Waals surface area contributed by atoms with Gasteiger partial charge in [0.05, 0.1) is 24.8 Å². The van der Waals surface area contributed by atoms with Gasteiger partial charge in [-0.25, -0.2) is 18.4 Å². The Morgan fingerprint density at radius 1 is 1.13 bits per heavy atom. The maximum absolute atomic E-state index is 14.5. The van der Waals surface area contributed by atoms with Crippen LogP contribution < -0.4 is 5.32 Å². The van der Waals surface area contributed by atoms with Crippen LogP contribution in [-0.4, -0.2) is 37.2 Å². The normalized spacial score (nSPS) is 16.5. The molecule has 0 spiro atoms. The van der Waals surface area contributed by atoms with E-state index in [0.717, 1.165) is 11.6 Å². The topological polar surface area (TPSA) is 67.9 Å². The van der Waals surface area contributed by atoms with E-state index in [2.05, 4.69) is 5.32 Å². The predicted octanol–water partition coefficient (Wildman–Crippen LogP) is 3.69. The number of urea groups is 1. The monoisotopic (exact) mass is 416 g/mol. The smallest absolute Gasteiger partial charge is 0.338 e. The van der Waals surface area contributed by atoms with Crippen LogP contribution in [0.5, 0.6) is 0 Å². The minimum absolute atomic E-state index is 0.00261. The summed E-state index contributed by atoms with van der Waals surface area (Å²) >= 11 is 0. The Kier molecular flexibility index (Phi) is 6.79. The summed E-state index contributed by atoms with van der Waals surface area (Å²) in [6, 6.07) is 10.6. The lowest BCUT2D eigenvalue weighted by atomic mass is 9.94. The molecule has 0 saturated heterocycles. The van der Waals surface area contributed by atoms with E-state index in [-0.39, 0.29) is 30.9 Å². The Labute approximate surface area is 173 Å². The highest BCUT2D eigenvalue weighted by Gasteiger charge is 2.37. The van der Waals surface area contributed by atoms with Gasteiger partial charge in [0.2, 0.25) is 0 Å². The standard InChI is InChI=1S/C22H22F2N2O4/c1-14-19(21(27)30-11-10-29-2)20(17-9-8-16(23)12-18(17)24)25-22(28)26(14)13-15-6-4-3-5-7-15/h3-9,12,20H,10-11,13H2,1-2H3,(H,25,28). The van der Waals surface area contributed by atoms with Crippen LogP contribution in [-0.2, 0) is 20.8 Å². The summed E-state index contributed by atoms with van der Waals surface area (Å²) < 4.78 is 38.0. The minimum atomic E-state index is -1.11. The van der Waals surface area contributed by atoms with E-state index in [1.165, 1.54) is 18.1 Å². The van der Waals surface area contributed by atoms with Crippen molar-refractivity contribution in [3.05, 3.63) is 82.6 Å². The number of allylic oxidation sites excluding steroid dienone is 1. The number of hydrogen-bond acceptors (Lipinski definition) is 4. The quantitative estimate of drug-likeness (QED) is 0.552. The average Bonchev–Trinajstić information content (AvgIpc) is 2.71. The van der Waals surface area contributed by atoms with Crippen molar-refractivity contribution >= 4 is 12.0 Å². The molecule has 30 heavy (non-hydrogen) atoms. The number of carbonyl (C=O) groups is 2. The fourth-order valence-electron chi connectivity index (χ4n) is 3.27. The highest BCUT2D eigenvalue weighted by atomic mass is 19.1. The van der Waals surface area contributed by atoms with Crippen molar-refractivity contribution in [2.75, 3.05) is 20.3 Å². The zero-order valence-electron chi connectivity index (χ0n) is 16.7. The maximum atomic E-state index is 14.5. The molecule has 1 atom stereocenters. The van der Waals surface area contributed by atoms with Crippen LogP contribution in [0.1, 0.15) is 24.1 Å². The molecule has 1 unspecified atom stereocenters. The van der Waals surface area contributed by atoms with Crippen LogP contribution >= 0.6 is 0 Å². The third-order valence-corrected chi connectivity index (χ3v) is 4.79. The second-order valence-corrected chi connectivity index (χ2v) is 6.75. The van der Waals surface area contributed by atoms with E-state index < -0.39 is 29.7 Å². The molecule has 0 saturated carbocycles. The first-order valence-electron chi connectivity index (χ1n) is 9.36. The van der Waals surface area contributed by atoms with Gasteiger partial charge < -0.3 is 14.8 Å². The number of rotatable bonds is 7. The van der Waals surface area contributed by atoms with Crippen molar-refractivity contribution in [3.63, 3.8) is 0 Å². The van der Waals surface area contributed by atoms with Gasteiger partial charge in [0.15, 0.2) is 0 Å². The lowest BCUT2D eigenvalue weighted by Gasteiger charge is -2.35. The SMILES string of the molecule is COCCOC(=O)C1=C(C)N(Cc2ccccc2)C(=O)NC1c1ccc(F)cc1F. The number of amides is 2. The summed E-state index contributed by atoms with van der Waals surface area (Å²) in [6.45, 7) is 2.00. The predicted molar refractivity (Wildman–Crippen MR) is 105 cm³/mol. The zero-order chi connectivity index (χ0) is 21.7. The van der Waals surface area contributed by atoms with Gasteiger partial charge in [0.1, 0.15) is 18.2 Å². The Bertz CT molecular complexity index is 963. The fourth-order valence-corrected chi connectivity index (χ4v) is 3.27. The van der Waals surface area contributed by atoms with Crippen LogP contribution in [0.3, 0.4) is 0 Å². The van der Waals surface area contributed by atoms with Gasteiger partial charge in [0, 0.05) is 24.4 Å². The van der Waals surface area contributed by atoms with Crippen molar-refractivity contribution in [3.8, 4) is 0 Å². The highest BCUT2D eigenvalue weighted by molar-refractivity contribution is 5.95. The van der Waals surface area contributed by atoms with Crippen LogP contribution in [0.2, 0.25) is 0 Å². The molecule has 2 amide bonds. The molecule has 2 aromatic rings. The molecule has 8 heteroatoms. The van der Waals surface area contributed by atoms with Crippen molar-refractivity contribution in [1.82, 2.24) is 10.2 Å². The Balaban J connectivity index is 2.01. The molecule has 1 aliphatic heterocycles. The second kappa shape index (κ2) is 9.49. The Hall–Kier alpha value is -3.26. The summed E-state index contributed by atoms with van der Waals surface area (Å²) in [7, 11) is 1.47. The Morgan fingerprint density at radius 3 is 2.53 bits per heavy atom. The van der Waals surface area contributed by atoms with Gasteiger partial charge in [-0.2, -0.15) is 0 Å². The van der Waals surface area contributed by atoms with Gasteiger partial charge in [-0.05, 0) is 18.6 Å². The number of esters is 1. The molecule has 0 aliphatic carbocycles. The molecular formula is C22H22F2N2O4. The van der Waals surface area contributed by atoms with Gasteiger partial charge in [0.25, 0.3) is 0 Å². The number of benzene rings is 2. The first-order valence-corrected chi connectivity index (χ1v) is 9.36. The number of halogens is 2. The molecule has 158 valence electrons. The van der Waals surface area contributed by atoms with E-state index in [4.69, 9.17) is 9.47 Å². The summed E-state index contributed by atoms with van der Waals surface area (Å²) in [4.78, 5) is 27.0. The molecule has 1 heterocycles. The lowest BCUT2D eigenvalue weighted by molar-refractivity contribution is -0.140. The van der Waals surface area contributed by atoms with E-state index in [1.54, 1.807) is 6.92 Å². The summed E-state index contributed by atoms with van der Waals surface area (Å²) in [5.41, 5.74) is 1.23. The van der Waals surface area contributed by atoms with Crippen molar-refractivity contribution in [2.24, 2.45) is 0 Å². The van der Waals surface area contributed by atoms with E-state index in [0.29, 0.717) is 11.8 Å². The van der Waals surface area contributed by atoms with Crippen molar-refractivity contribution < 1.29 is 27.8 Å². The van der Waals surface area contributed by atoms with Gasteiger partial charge in [-0.3, -0.25) is 4.90 Å². The number of ether oxygens (including phenoxy) is 2. The van der Waals surface area contributed by atoms with Crippen molar-refractivity contribution in [1.29, 1.82) is 0 Å². The summed E-state index contributed by atoms with van der Waals surface area (Å²) in [5.74, 6) is -2.34. The second-order valence-electron chi connectivity index (χ2n) is 6.75. The number of nitrogens with one attached hydrogen (secondary N) is 1. The molecule has 3 rings (SSSR count). The number of methoxy groups -OCH3 is 1. The molecule has 0 bridgehead atoms. The first-order chi connectivity index (χ1) is 14.4. The van der Waals surface area contributed by atoms with E-state index in [1.807, 2.05) is 30.3 Å². The van der Waals surface area contributed by atoms with E-state index in [9.17, 15) is 18.4 Å². The Morgan fingerprint density at radius 2 is 1.87 bits per heavy atom. The van der Waals surface area contributed by atoms with Crippen molar-refractivity contribution in [2.45, 2.75) is 19.5 Å². The van der Waals surface area contributed by atoms with E-state index >= 15 is 0 Å². The number of nitrogens with zero attached hydrogens (tertiary/aromatic N) is 1. The molecule has 1 aliphatic rings. The molecule has 0 aromatic heterocycles. The zero-order valence-corrected chi connectivity index (χ0v) is 16.7. The van der Waals surface area contributed by atoms with Crippen LogP contribution in [0.25, 0.3) is 0 Å². The summed E-state index contributed by atoms with van der Waals surface area (Å²) in [5, 5.41) is 2.65. The fraction of sp³-hybridized carbons (Fsp3) is 0.273. The molecule has 6 nitrogen and oxygen atoms in total. The number of carbonyl (C=O) groups excluding carboxylic acids is 2. The van der Waals surface area contributed by atoms with Gasteiger partial charge in [-0.15, -0.1) is 0 Å². The minimum Gasteiger partial charge on any atom is -0.460 e. The van der Waals surface area contributed by atoms with Gasteiger partial charge in [-0.1, -0.05) is 36.4 Å². The molecular weight excluding hydrogens is 394 g/mol. The molecule has 1 N–H and O–H groups in total. The van der Waals surface area contributed by atoms with Crippen LogP contribution in [0.4, 0.5) is 13.6 Å². The molecule has 0 radical (unpaired) electrons. The largest absolute Gasteiger partial charge is 0.460 e. The third kappa shape index (κ3) is 4.65. The first kappa shape index (κ1) is 21.4. The van der Waals surface area contributed by atoms with Crippen LogP contribution in [0, 0.1) is 11.6 Å². The highest BCUT2D eigenvalue weighted by Crippen LogP contribution is 2.33. The maximum Gasteiger partial charge on any atom is 0.338 e.